The van der Waals surface area contributed by atoms with Gasteiger partial charge in [0.05, 0.1) is 26.4 Å². The van der Waals surface area contributed by atoms with Gasteiger partial charge in [0.1, 0.15) is 19.3 Å². The molecule has 0 radical (unpaired) electrons. The second-order valence-electron chi connectivity index (χ2n) is 28.6. The summed E-state index contributed by atoms with van der Waals surface area (Å²) in [4.78, 5) is 72.9. The van der Waals surface area contributed by atoms with Crippen molar-refractivity contribution in [2.45, 2.75) is 394 Å². The fraction of sp³-hybridized carbons (Fsp3) is 0.897. The smallest absolute Gasteiger partial charge is 0.462 e. The van der Waals surface area contributed by atoms with Crippen molar-refractivity contribution >= 4 is 39.5 Å². The Labute approximate surface area is 592 Å². The van der Waals surface area contributed by atoms with E-state index in [2.05, 4.69) is 72.8 Å². The average Bonchev–Trinajstić information content (AvgIpc) is 1.77. The summed E-state index contributed by atoms with van der Waals surface area (Å²) in [6, 6.07) is 0. The lowest BCUT2D eigenvalue weighted by Gasteiger charge is -2.21. The molecule has 0 aliphatic rings. The van der Waals surface area contributed by atoms with Crippen LogP contribution in [0.2, 0.25) is 0 Å². The van der Waals surface area contributed by atoms with E-state index in [-0.39, 0.29) is 25.7 Å². The molecule has 6 atom stereocenters. The van der Waals surface area contributed by atoms with Gasteiger partial charge in [0.15, 0.2) is 12.2 Å². The molecular formula is C78H148O17P2. The van der Waals surface area contributed by atoms with Crippen LogP contribution in [-0.2, 0) is 65.4 Å². The number of carbonyl (C=O) groups is 4. The minimum absolute atomic E-state index is 0.0840. The molecule has 0 saturated heterocycles. The maximum atomic E-state index is 13.1. The van der Waals surface area contributed by atoms with Crippen molar-refractivity contribution < 1.29 is 80.2 Å². The van der Waals surface area contributed by atoms with Gasteiger partial charge in [-0.2, -0.15) is 0 Å². The molecule has 0 fully saturated rings. The Balaban J connectivity index is 5.27. The van der Waals surface area contributed by atoms with Crippen LogP contribution in [0.3, 0.4) is 0 Å². The fourth-order valence-corrected chi connectivity index (χ4v) is 13.0. The second-order valence-corrected chi connectivity index (χ2v) is 31.5. The number of ether oxygens (including phenoxy) is 4. The van der Waals surface area contributed by atoms with E-state index in [0.29, 0.717) is 31.6 Å². The summed E-state index contributed by atoms with van der Waals surface area (Å²) >= 11 is 0. The number of aliphatic hydroxyl groups excluding tert-OH is 1. The van der Waals surface area contributed by atoms with Crippen LogP contribution in [0.1, 0.15) is 376 Å². The lowest BCUT2D eigenvalue weighted by molar-refractivity contribution is -0.161. The summed E-state index contributed by atoms with van der Waals surface area (Å²) < 4.78 is 68.5. The van der Waals surface area contributed by atoms with Gasteiger partial charge in [-0.1, -0.05) is 323 Å². The van der Waals surface area contributed by atoms with Gasteiger partial charge in [-0.05, 0) is 69.1 Å². The number of unbranched alkanes of at least 4 members (excludes halogenated alkanes) is 38. The predicted octanol–water partition coefficient (Wildman–Crippen LogP) is 22.5. The monoisotopic (exact) mass is 1420 g/mol. The molecular weight excluding hydrogens is 1270 g/mol. The van der Waals surface area contributed by atoms with Gasteiger partial charge < -0.3 is 33.8 Å². The Morgan fingerprint density at radius 2 is 0.608 bits per heavy atom. The third-order valence-corrected chi connectivity index (χ3v) is 19.8. The molecule has 0 aromatic carbocycles. The summed E-state index contributed by atoms with van der Waals surface area (Å²) in [7, 11) is -9.93. The van der Waals surface area contributed by atoms with E-state index in [1.54, 1.807) is 0 Å². The molecule has 0 spiro atoms. The number of aliphatic hydroxyl groups is 1. The first-order chi connectivity index (χ1) is 46.8. The highest BCUT2D eigenvalue weighted by Gasteiger charge is 2.30. The number of rotatable bonds is 74. The standard InChI is InChI=1S/C78H148O17P2/c1-8-10-11-12-13-14-15-16-17-22-27-32-39-47-54-61-77(82)95-74(66-89-76(81)60-53-46-41-34-36-43-50-57-70(5)6)68-93-97(86,87)91-64-72(79)63-90-96(84,85)92-67-73(94-78(83)62-55-48-40-33-28-23-24-29-35-42-49-56-69(3)4)65-88-75(80)59-52-45-38-31-26-21-19-18-20-25-30-37-44-51-58-71(7)9-2/h14-17,69-74,79H,8-13,18-68H2,1-7H3,(H,84,85)(H,86,87)/b15-14-,17-16-/t71?,72?,73-,74-/m1/s1. The molecule has 4 unspecified atom stereocenters. The van der Waals surface area contributed by atoms with Gasteiger partial charge in [0.2, 0.25) is 0 Å². The molecule has 0 saturated carbocycles. The third kappa shape index (κ3) is 70.4. The van der Waals surface area contributed by atoms with Crippen molar-refractivity contribution in [3.63, 3.8) is 0 Å². The topological polar surface area (TPSA) is 237 Å². The molecule has 0 bridgehead atoms. The Morgan fingerprint density at radius 1 is 0.340 bits per heavy atom. The summed E-state index contributed by atoms with van der Waals surface area (Å²) in [6.45, 7) is 11.8. The largest absolute Gasteiger partial charge is 0.472 e. The first-order valence-electron chi connectivity index (χ1n) is 39.7. The highest BCUT2D eigenvalue weighted by Crippen LogP contribution is 2.45. The molecule has 3 N–H and O–H groups in total. The number of phosphoric acid groups is 2. The molecule has 19 heteroatoms. The van der Waals surface area contributed by atoms with Crippen LogP contribution in [-0.4, -0.2) is 96.7 Å². The average molecular weight is 1420 g/mol. The van der Waals surface area contributed by atoms with Gasteiger partial charge in [-0.25, -0.2) is 9.13 Å². The number of allylic oxidation sites excluding steroid dienone is 4. The van der Waals surface area contributed by atoms with Crippen LogP contribution >= 0.6 is 15.6 Å². The van der Waals surface area contributed by atoms with Crippen LogP contribution in [0.4, 0.5) is 0 Å². The number of hydrogen-bond donors (Lipinski definition) is 3. The molecule has 17 nitrogen and oxygen atoms in total. The zero-order valence-corrected chi connectivity index (χ0v) is 64.8. The third-order valence-electron chi connectivity index (χ3n) is 17.9. The number of hydrogen-bond acceptors (Lipinski definition) is 15. The van der Waals surface area contributed by atoms with Gasteiger partial charge in [-0.3, -0.25) is 37.3 Å². The number of esters is 4. The Morgan fingerprint density at radius 3 is 0.918 bits per heavy atom. The molecule has 97 heavy (non-hydrogen) atoms. The normalized spacial score (nSPS) is 14.5. The Bertz CT molecular complexity index is 1980. The highest BCUT2D eigenvalue weighted by atomic mass is 31.2. The highest BCUT2D eigenvalue weighted by molar-refractivity contribution is 7.47. The summed E-state index contributed by atoms with van der Waals surface area (Å²) in [6.07, 6.45) is 57.7. The van der Waals surface area contributed by atoms with Gasteiger partial charge in [0, 0.05) is 25.7 Å². The maximum absolute atomic E-state index is 13.1. The zero-order valence-electron chi connectivity index (χ0n) is 63.0. The maximum Gasteiger partial charge on any atom is 0.472 e. The Kier molecular flexibility index (Phi) is 66.3. The minimum atomic E-state index is -4.96. The van der Waals surface area contributed by atoms with Gasteiger partial charge in [0.25, 0.3) is 0 Å². The van der Waals surface area contributed by atoms with Crippen LogP contribution in [0.25, 0.3) is 0 Å². The Hall–Kier alpha value is -2.46. The molecule has 0 amide bonds. The van der Waals surface area contributed by atoms with Crippen molar-refractivity contribution in [1.29, 1.82) is 0 Å². The van der Waals surface area contributed by atoms with Crippen molar-refractivity contribution in [3.05, 3.63) is 24.3 Å². The van der Waals surface area contributed by atoms with Crippen molar-refractivity contribution in [2.24, 2.45) is 17.8 Å². The second kappa shape index (κ2) is 68.0. The lowest BCUT2D eigenvalue weighted by atomic mass is 9.99. The van der Waals surface area contributed by atoms with Gasteiger partial charge >= 0.3 is 39.5 Å². The van der Waals surface area contributed by atoms with Crippen molar-refractivity contribution in [1.82, 2.24) is 0 Å². The summed E-state index contributed by atoms with van der Waals surface area (Å²) in [5.41, 5.74) is 0. The molecule has 572 valence electrons. The van der Waals surface area contributed by atoms with E-state index in [0.717, 1.165) is 121 Å². The van der Waals surface area contributed by atoms with E-state index < -0.39 is 97.5 Å². The zero-order chi connectivity index (χ0) is 71.6. The van der Waals surface area contributed by atoms with Crippen LogP contribution in [0.5, 0.6) is 0 Å². The van der Waals surface area contributed by atoms with Crippen LogP contribution in [0.15, 0.2) is 24.3 Å². The molecule has 0 heterocycles. The molecule has 0 aromatic heterocycles. The van der Waals surface area contributed by atoms with E-state index in [9.17, 15) is 43.2 Å². The summed E-state index contributed by atoms with van der Waals surface area (Å²) in [5, 5.41) is 10.6. The van der Waals surface area contributed by atoms with E-state index in [1.807, 2.05) is 0 Å². The van der Waals surface area contributed by atoms with E-state index in [1.165, 1.54) is 167 Å². The SMILES string of the molecule is CCCCCC/C=C\C=C/CCCCCCCC(=O)O[C@H](COC(=O)CCCCCCCCCC(C)C)COP(=O)(O)OCC(O)COP(=O)(O)OC[C@@H](COC(=O)CCCCCCCCCCCCCCCCC(C)CC)OC(=O)CCCCCCCCCCCCCC(C)C. The lowest BCUT2D eigenvalue weighted by Crippen LogP contribution is -2.30. The molecule has 0 aliphatic heterocycles. The van der Waals surface area contributed by atoms with Crippen molar-refractivity contribution in [2.75, 3.05) is 39.6 Å². The van der Waals surface area contributed by atoms with Crippen LogP contribution < -0.4 is 0 Å². The number of phosphoric ester groups is 2. The van der Waals surface area contributed by atoms with E-state index >= 15 is 0 Å². The van der Waals surface area contributed by atoms with E-state index in [4.69, 9.17) is 37.0 Å². The summed E-state index contributed by atoms with van der Waals surface area (Å²) in [5.74, 6) is 0.167. The van der Waals surface area contributed by atoms with Crippen LogP contribution in [0, 0.1) is 17.8 Å². The quantitative estimate of drug-likeness (QED) is 0.0169. The van der Waals surface area contributed by atoms with Gasteiger partial charge in [-0.15, -0.1) is 0 Å². The predicted molar refractivity (Wildman–Crippen MR) is 395 cm³/mol. The fourth-order valence-electron chi connectivity index (χ4n) is 11.4. The molecule has 0 aliphatic carbocycles. The first-order valence-corrected chi connectivity index (χ1v) is 42.7. The molecule has 0 rings (SSSR count). The van der Waals surface area contributed by atoms with Crippen molar-refractivity contribution in [3.8, 4) is 0 Å². The number of carbonyl (C=O) groups excluding carboxylic acids is 4. The first kappa shape index (κ1) is 94.5. The minimum Gasteiger partial charge on any atom is -0.462 e. The molecule has 0 aromatic rings.